The van der Waals surface area contributed by atoms with Gasteiger partial charge in [0.1, 0.15) is 16.8 Å². The van der Waals surface area contributed by atoms with E-state index in [0.717, 1.165) is 60.4 Å². The summed E-state index contributed by atoms with van der Waals surface area (Å²) in [7, 11) is 0. The van der Waals surface area contributed by atoms with Gasteiger partial charge >= 0.3 is 0 Å². The van der Waals surface area contributed by atoms with E-state index in [-0.39, 0.29) is 0 Å². The van der Waals surface area contributed by atoms with Crippen LogP contribution in [0.25, 0.3) is 60.4 Å². The highest BCUT2D eigenvalue weighted by Crippen LogP contribution is 2.39. The highest BCUT2D eigenvalue weighted by Gasteiger charge is 2.19. The van der Waals surface area contributed by atoms with Crippen LogP contribution in [0.1, 0.15) is 0 Å². The Kier molecular flexibility index (Phi) is 2.46. The molecule has 0 N–H and O–H groups in total. The molecule has 4 aromatic heterocycles. The summed E-state index contributed by atoms with van der Waals surface area (Å²) in [6, 6.07) is 24.7. The zero-order chi connectivity index (χ0) is 18.2. The van der Waals surface area contributed by atoms with Crippen LogP contribution in [-0.2, 0) is 0 Å². The number of imidazole rings is 1. The summed E-state index contributed by atoms with van der Waals surface area (Å²) in [6.07, 6.45) is 1.84. The van der Waals surface area contributed by atoms with Crippen molar-refractivity contribution < 1.29 is 4.42 Å². The minimum absolute atomic E-state index is 0.867. The van der Waals surface area contributed by atoms with Crippen LogP contribution in [0.3, 0.4) is 0 Å². The standard InChI is InChI=1S/C24H13N3O/c1-4-10-20-14(6-1)15-11-12-16-21(23(15)28-20)24-26-17-7-2-3-8-18(17)27(24)19-9-5-13-25-22(16)19/h1-13H. The third-order valence-electron chi connectivity index (χ3n) is 5.61. The number of pyridine rings is 2. The smallest absolute Gasteiger partial charge is 0.150 e. The Bertz CT molecular complexity index is 1720. The number of nitrogens with zero attached hydrogens (tertiary/aromatic N) is 3. The lowest BCUT2D eigenvalue weighted by molar-refractivity contribution is 0.673. The molecule has 4 heterocycles. The topological polar surface area (TPSA) is 43.3 Å². The lowest BCUT2D eigenvalue weighted by atomic mass is 10.1. The number of aromatic nitrogens is 3. The highest BCUT2D eigenvalue weighted by atomic mass is 16.3. The van der Waals surface area contributed by atoms with Crippen LogP contribution in [0, 0.1) is 0 Å². The highest BCUT2D eigenvalue weighted by molar-refractivity contribution is 6.24. The molecule has 0 amide bonds. The number of furan rings is 1. The Hall–Kier alpha value is -3.92. The normalized spacial score (nSPS) is 12.3. The van der Waals surface area contributed by atoms with Crippen molar-refractivity contribution >= 4 is 60.4 Å². The Morgan fingerprint density at radius 2 is 1.54 bits per heavy atom. The second-order valence-electron chi connectivity index (χ2n) is 7.09. The molecule has 0 bridgehead atoms. The van der Waals surface area contributed by atoms with Crippen molar-refractivity contribution in [2.45, 2.75) is 0 Å². The fourth-order valence-electron chi connectivity index (χ4n) is 4.43. The molecular formula is C24H13N3O. The summed E-state index contributed by atoms with van der Waals surface area (Å²) in [5.74, 6) is 0. The van der Waals surface area contributed by atoms with E-state index in [1.165, 1.54) is 0 Å². The second kappa shape index (κ2) is 4.87. The van der Waals surface area contributed by atoms with Gasteiger partial charge in [0.15, 0.2) is 0 Å². The van der Waals surface area contributed by atoms with E-state index < -0.39 is 0 Å². The molecule has 0 atom stereocenters. The Labute approximate surface area is 158 Å². The van der Waals surface area contributed by atoms with Crippen molar-refractivity contribution in [3.8, 4) is 0 Å². The van der Waals surface area contributed by atoms with Gasteiger partial charge in [-0.2, -0.15) is 0 Å². The van der Waals surface area contributed by atoms with Crippen LogP contribution in [-0.4, -0.2) is 14.4 Å². The summed E-state index contributed by atoms with van der Waals surface area (Å²) in [5, 5.41) is 4.29. The minimum Gasteiger partial charge on any atom is -0.455 e. The molecule has 0 radical (unpaired) electrons. The average Bonchev–Trinajstić information content (AvgIpc) is 3.32. The van der Waals surface area contributed by atoms with E-state index in [4.69, 9.17) is 14.4 Å². The van der Waals surface area contributed by atoms with Gasteiger partial charge in [-0.25, -0.2) is 4.98 Å². The molecule has 7 rings (SSSR count). The molecule has 130 valence electrons. The zero-order valence-corrected chi connectivity index (χ0v) is 14.8. The monoisotopic (exact) mass is 359 g/mol. The van der Waals surface area contributed by atoms with Crippen molar-refractivity contribution in [2.24, 2.45) is 0 Å². The van der Waals surface area contributed by atoms with Crippen molar-refractivity contribution in [1.29, 1.82) is 0 Å². The van der Waals surface area contributed by atoms with Crippen LogP contribution >= 0.6 is 0 Å². The Morgan fingerprint density at radius 3 is 2.54 bits per heavy atom. The van der Waals surface area contributed by atoms with Crippen molar-refractivity contribution in [3.05, 3.63) is 79.0 Å². The van der Waals surface area contributed by atoms with E-state index in [1.807, 2.05) is 42.6 Å². The first kappa shape index (κ1) is 14.2. The minimum atomic E-state index is 0.867. The fraction of sp³-hybridized carbons (Fsp3) is 0. The molecule has 0 fully saturated rings. The van der Waals surface area contributed by atoms with E-state index in [0.29, 0.717) is 0 Å². The van der Waals surface area contributed by atoms with Gasteiger partial charge in [-0.1, -0.05) is 36.4 Å². The van der Waals surface area contributed by atoms with E-state index in [1.54, 1.807) is 0 Å². The maximum absolute atomic E-state index is 6.34. The van der Waals surface area contributed by atoms with Crippen LogP contribution < -0.4 is 0 Å². The quantitative estimate of drug-likeness (QED) is 0.308. The summed E-state index contributed by atoms with van der Waals surface area (Å²) >= 11 is 0. The van der Waals surface area contributed by atoms with Gasteiger partial charge in [-0.3, -0.25) is 9.38 Å². The van der Waals surface area contributed by atoms with Crippen LogP contribution in [0.4, 0.5) is 0 Å². The molecule has 0 aliphatic heterocycles. The van der Waals surface area contributed by atoms with E-state index in [9.17, 15) is 0 Å². The summed E-state index contributed by atoms with van der Waals surface area (Å²) in [4.78, 5) is 9.71. The third-order valence-corrected chi connectivity index (χ3v) is 5.61. The molecule has 0 unspecified atom stereocenters. The lowest BCUT2D eigenvalue weighted by Gasteiger charge is -2.08. The number of hydrogen-bond donors (Lipinski definition) is 0. The van der Waals surface area contributed by atoms with Crippen molar-refractivity contribution in [3.63, 3.8) is 0 Å². The van der Waals surface area contributed by atoms with E-state index >= 15 is 0 Å². The maximum Gasteiger partial charge on any atom is 0.150 e. The molecule has 4 nitrogen and oxygen atoms in total. The molecule has 0 saturated heterocycles. The van der Waals surface area contributed by atoms with Gasteiger partial charge < -0.3 is 4.42 Å². The molecule has 0 spiro atoms. The molecule has 0 aliphatic carbocycles. The molecule has 3 aromatic carbocycles. The molecule has 28 heavy (non-hydrogen) atoms. The predicted octanol–water partition coefficient (Wildman–Crippen LogP) is 6.09. The summed E-state index contributed by atoms with van der Waals surface area (Å²) in [5.41, 5.74) is 6.71. The van der Waals surface area contributed by atoms with Gasteiger partial charge in [0, 0.05) is 22.4 Å². The third kappa shape index (κ3) is 1.61. The predicted molar refractivity (Wildman–Crippen MR) is 113 cm³/mol. The van der Waals surface area contributed by atoms with Gasteiger partial charge in [-0.05, 0) is 36.4 Å². The summed E-state index contributed by atoms with van der Waals surface area (Å²) in [6.45, 7) is 0. The fourth-order valence-corrected chi connectivity index (χ4v) is 4.43. The first-order valence-corrected chi connectivity index (χ1v) is 9.28. The summed E-state index contributed by atoms with van der Waals surface area (Å²) < 4.78 is 8.54. The number of benzene rings is 3. The average molecular weight is 359 g/mol. The molecule has 0 aliphatic rings. The van der Waals surface area contributed by atoms with Gasteiger partial charge in [0.2, 0.25) is 0 Å². The number of rotatable bonds is 0. The van der Waals surface area contributed by atoms with Crippen LogP contribution in [0.15, 0.2) is 83.4 Å². The van der Waals surface area contributed by atoms with Crippen molar-refractivity contribution in [1.82, 2.24) is 14.4 Å². The number of hydrogen-bond acceptors (Lipinski definition) is 3. The van der Waals surface area contributed by atoms with Gasteiger partial charge in [0.05, 0.1) is 27.5 Å². The SMILES string of the molecule is c1ccc2c(c1)nc1c3c(ccc4c5ccccc5oc43)c3ncccc3n21. The van der Waals surface area contributed by atoms with Crippen LogP contribution in [0.5, 0.6) is 0 Å². The molecule has 4 heteroatoms. The lowest BCUT2D eigenvalue weighted by Crippen LogP contribution is -1.93. The molecule has 0 saturated carbocycles. The Balaban J connectivity index is 1.89. The van der Waals surface area contributed by atoms with E-state index in [2.05, 4.69) is 40.8 Å². The van der Waals surface area contributed by atoms with Crippen molar-refractivity contribution in [2.75, 3.05) is 0 Å². The van der Waals surface area contributed by atoms with Gasteiger partial charge in [0.25, 0.3) is 0 Å². The molecule has 7 aromatic rings. The van der Waals surface area contributed by atoms with Crippen LogP contribution in [0.2, 0.25) is 0 Å². The number of para-hydroxylation sites is 3. The molecular weight excluding hydrogens is 346 g/mol. The van der Waals surface area contributed by atoms with Gasteiger partial charge in [-0.15, -0.1) is 0 Å². The zero-order valence-electron chi connectivity index (χ0n) is 14.8. The largest absolute Gasteiger partial charge is 0.455 e. The Morgan fingerprint density at radius 1 is 0.714 bits per heavy atom. The number of fused-ring (bicyclic) bond motifs is 12. The first-order chi connectivity index (χ1) is 13.9. The maximum atomic E-state index is 6.34. The second-order valence-corrected chi connectivity index (χ2v) is 7.09. The first-order valence-electron chi connectivity index (χ1n) is 9.28.